The predicted molar refractivity (Wildman–Crippen MR) is 177 cm³/mol. The Kier molecular flexibility index (Phi) is 13.6. The number of rotatable bonds is 22. The Labute approximate surface area is 262 Å². The molecular weight excluding hydrogens is 532 g/mol. The molecule has 2 atom stereocenters. The van der Waals surface area contributed by atoms with Crippen LogP contribution in [0.3, 0.4) is 0 Å². The lowest BCUT2D eigenvalue weighted by atomic mass is 9.76. The lowest BCUT2D eigenvalue weighted by Gasteiger charge is -2.29. The molecule has 2 aromatic carbocycles. The van der Waals surface area contributed by atoms with Crippen molar-refractivity contribution in [3.8, 4) is 11.5 Å². The minimum atomic E-state index is 0.597. The number of hydrogen-bond acceptors (Lipinski definition) is 4. The van der Waals surface area contributed by atoms with Crippen LogP contribution in [-0.2, 0) is 9.47 Å². The van der Waals surface area contributed by atoms with Crippen molar-refractivity contribution in [3.05, 3.63) is 59.2 Å². The van der Waals surface area contributed by atoms with Crippen LogP contribution in [0.4, 0.5) is 0 Å². The Morgan fingerprint density at radius 1 is 0.558 bits per heavy atom. The van der Waals surface area contributed by atoms with E-state index < -0.39 is 0 Å². The summed E-state index contributed by atoms with van der Waals surface area (Å²) in [6.45, 7) is 5.89. The Morgan fingerprint density at radius 2 is 1.02 bits per heavy atom. The zero-order valence-electron chi connectivity index (χ0n) is 27.0. The Balaban J connectivity index is 0.912. The van der Waals surface area contributed by atoms with E-state index >= 15 is 0 Å². The highest BCUT2D eigenvalue weighted by molar-refractivity contribution is 5.38. The molecule has 0 bridgehead atoms. The van der Waals surface area contributed by atoms with Crippen molar-refractivity contribution < 1.29 is 18.9 Å². The molecule has 0 amide bonds. The fourth-order valence-electron chi connectivity index (χ4n) is 6.89. The standard InChI is InChI=1S/C39H58O4/c1-31-28-35(22-25-39(31)41-27-13-9-5-3-7-11-15-38-30-43-38)34-18-16-32(17-19-34)33-20-23-36(24-21-33)40-26-12-8-4-2-6-10-14-37-29-42-37/h20-25,28,32,34,37-38H,2-19,26-27,29-30H2,1H3. The molecule has 1 aliphatic carbocycles. The van der Waals surface area contributed by atoms with Gasteiger partial charge in [-0.2, -0.15) is 0 Å². The van der Waals surface area contributed by atoms with Gasteiger partial charge in [0, 0.05) is 0 Å². The Hall–Kier alpha value is -2.04. The molecule has 2 heterocycles. The van der Waals surface area contributed by atoms with Gasteiger partial charge in [0.2, 0.25) is 0 Å². The van der Waals surface area contributed by atoms with Crippen molar-refractivity contribution in [2.24, 2.45) is 0 Å². The highest BCUT2D eigenvalue weighted by atomic mass is 16.6. The topological polar surface area (TPSA) is 43.5 Å². The second-order valence-electron chi connectivity index (χ2n) is 13.6. The van der Waals surface area contributed by atoms with Gasteiger partial charge in [-0.15, -0.1) is 0 Å². The van der Waals surface area contributed by atoms with Gasteiger partial charge in [0.05, 0.1) is 38.6 Å². The summed E-state index contributed by atoms with van der Waals surface area (Å²) in [5.74, 6) is 3.44. The van der Waals surface area contributed by atoms with E-state index in [1.165, 1.54) is 119 Å². The highest BCUT2D eigenvalue weighted by Crippen LogP contribution is 2.41. The van der Waals surface area contributed by atoms with E-state index in [2.05, 4.69) is 49.4 Å². The minimum absolute atomic E-state index is 0.597. The Morgan fingerprint density at radius 3 is 1.56 bits per heavy atom. The van der Waals surface area contributed by atoms with Crippen LogP contribution in [0.5, 0.6) is 11.5 Å². The van der Waals surface area contributed by atoms with Crippen LogP contribution >= 0.6 is 0 Å². The predicted octanol–water partition coefficient (Wildman–Crippen LogP) is 10.5. The monoisotopic (exact) mass is 590 g/mol. The Bertz CT molecular complexity index is 1030. The zero-order chi connectivity index (χ0) is 29.5. The molecule has 2 unspecified atom stereocenters. The minimum Gasteiger partial charge on any atom is -0.494 e. The number of benzene rings is 2. The summed E-state index contributed by atoms with van der Waals surface area (Å²) >= 11 is 0. The first-order valence-corrected chi connectivity index (χ1v) is 17.9. The van der Waals surface area contributed by atoms with Crippen LogP contribution in [-0.4, -0.2) is 38.6 Å². The molecule has 2 aromatic rings. The van der Waals surface area contributed by atoms with Gasteiger partial charge in [-0.3, -0.25) is 0 Å². The van der Waals surface area contributed by atoms with Crippen molar-refractivity contribution >= 4 is 0 Å². The molecule has 2 aliphatic heterocycles. The fourth-order valence-corrected chi connectivity index (χ4v) is 6.89. The molecular formula is C39H58O4. The van der Waals surface area contributed by atoms with Crippen LogP contribution in [0.2, 0.25) is 0 Å². The van der Waals surface area contributed by atoms with E-state index in [9.17, 15) is 0 Å². The molecule has 2 saturated heterocycles. The molecule has 0 spiro atoms. The van der Waals surface area contributed by atoms with Crippen molar-refractivity contribution in [1.29, 1.82) is 0 Å². The summed E-state index contributed by atoms with van der Waals surface area (Å²) in [5.41, 5.74) is 4.27. The lowest BCUT2D eigenvalue weighted by molar-refractivity contribution is 0.302. The third-order valence-corrected chi connectivity index (χ3v) is 9.92. The fraction of sp³-hybridized carbons (Fsp3) is 0.692. The average Bonchev–Trinajstić information content (AvgIpc) is 3.97. The summed E-state index contributed by atoms with van der Waals surface area (Å²) in [5, 5.41) is 0. The van der Waals surface area contributed by atoms with Gasteiger partial charge in [0.15, 0.2) is 0 Å². The molecule has 0 radical (unpaired) electrons. The van der Waals surface area contributed by atoms with Gasteiger partial charge in [-0.25, -0.2) is 0 Å². The summed E-state index contributed by atoms with van der Waals surface area (Å²) in [4.78, 5) is 0. The highest BCUT2D eigenvalue weighted by Gasteiger charge is 2.24. The second kappa shape index (κ2) is 18.1. The molecule has 238 valence electrons. The van der Waals surface area contributed by atoms with Gasteiger partial charge in [0.1, 0.15) is 11.5 Å². The number of ether oxygens (including phenoxy) is 4. The average molecular weight is 591 g/mol. The van der Waals surface area contributed by atoms with Gasteiger partial charge in [-0.1, -0.05) is 88.5 Å². The van der Waals surface area contributed by atoms with Crippen molar-refractivity contribution in [3.63, 3.8) is 0 Å². The first kappa shape index (κ1) is 32.4. The van der Waals surface area contributed by atoms with E-state index in [4.69, 9.17) is 18.9 Å². The van der Waals surface area contributed by atoms with Gasteiger partial charge in [0.25, 0.3) is 0 Å². The third-order valence-electron chi connectivity index (χ3n) is 9.92. The van der Waals surface area contributed by atoms with E-state index in [0.717, 1.165) is 50.8 Å². The number of unbranched alkanes of at least 4 members (excludes halogenated alkanes) is 10. The van der Waals surface area contributed by atoms with Crippen LogP contribution in [0, 0.1) is 6.92 Å². The van der Waals surface area contributed by atoms with E-state index in [-0.39, 0.29) is 0 Å². The molecule has 0 N–H and O–H groups in total. The molecule has 4 nitrogen and oxygen atoms in total. The van der Waals surface area contributed by atoms with Crippen LogP contribution < -0.4 is 9.47 Å². The van der Waals surface area contributed by atoms with Crippen molar-refractivity contribution in [1.82, 2.24) is 0 Å². The summed E-state index contributed by atoms with van der Waals surface area (Å²) in [6.07, 6.45) is 24.4. The molecule has 4 heteroatoms. The molecule has 3 fully saturated rings. The van der Waals surface area contributed by atoms with Crippen LogP contribution in [0.1, 0.15) is 144 Å². The normalized spacial score (nSPS) is 22.8. The molecule has 5 rings (SSSR count). The lowest BCUT2D eigenvalue weighted by Crippen LogP contribution is -2.12. The molecule has 3 aliphatic rings. The second-order valence-corrected chi connectivity index (χ2v) is 13.6. The maximum atomic E-state index is 6.16. The number of hydrogen-bond donors (Lipinski definition) is 0. The summed E-state index contributed by atoms with van der Waals surface area (Å²) in [6, 6.07) is 15.9. The molecule has 0 aromatic heterocycles. The van der Waals surface area contributed by atoms with Crippen molar-refractivity contribution in [2.45, 2.75) is 147 Å². The van der Waals surface area contributed by atoms with E-state index in [1.54, 1.807) is 0 Å². The number of epoxide rings is 2. The van der Waals surface area contributed by atoms with Crippen LogP contribution in [0.25, 0.3) is 0 Å². The smallest absolute Gasteiger partial charge is 0.122 e. The third kappa shape index (κ3) is 12.1. The summed E-state index contributed by atoms with van der Waals surface area (Å²) < 4.78 is 22.8. The summed E-state index contributed by atoms with van der Waals surface area (Å²) in [7, 11) is 0. The zero-order valence-corrected chi connectivity index (χ0v) is 27.0. The molecule has 43 heavy (non-hydrogen) atoms. The van der Waals surface area contributed by atoms with Gasteiger partial charge >= 0.3 is 0 Å². The maximum Gasteiger partial charge on any atom is 0.122 e. The molecule has 1 saturated carbocycles. The van der Waals surface area contributed by atoms with E-state index in [0.29, 0.717) is 24.0 Å². The number of aryl methyl sites for hydroxylation is 1. The SMILES string of the molecule is Cc1cc(C2CCC(c3ccc(OCCCCCCCCC4CO4)cc3)CC2)ccc1OCCCCCCCCC1CO1. The van der Waals surface area contributed by atoms with Crippen molar-refractivity contribution in [2.75, 3.05) is 26.4 Å². The van der Waals surface area contributed by atoms with E-state index in [1.807, 2.05) is 0 Å². The van der Waals surface area contributed by atoms with Gasteiger partial charge < -0.3 is 18.9 Å². The first-order valence-electron chi connectivity index (χ1n) is 17.9. The largest absolute Gasteiger partial charge is 0.494 e. The maximum absolute atomic E-state index is 6.16. The first-order chi connectivity index (χ1) is 21.2. The quantitative estimate of drug-likeness (QED) is 0.101. The van der Waals surface area contributed by atoms with Crippen LogP contribution in [0.15, 0.2) is 42.5 Å². The van der Waals surface area contributed by atoms with Gasteiger partial charge in [-0.05, 0) is 105 Å².